The van der Waals surface area contributed by atoms with E-state index in [9.17, 15) is 9.90 Å². The number of rotatable bonds is 3. The first-order chi connectivity index (χ1) is 10.3. The zero-order valence-electron chi connectivity index (χ0n) is 12.9. The van der Waals surface area contributed by atoms with E-state index >= 15 is 0 Å². The summed E-state index contributed by atoms with van der Waals surface area (Å²) in [5.41, 5.74) is 2.43. The molecule has 1 aromatic carbocycles. The average Bonchev–Trinajstić information content (AvgIpc) is 2.44. The van der Waals surface area contributed by atoms with E-state index in [-0.39, 0.29) is 5.41 Å². The predicted octanol–water partition coefficient (Wildman–Crippen LogP) is 5.04. The second-order valence-corrected chi connectivity index (χ2v) is 7.29. The molecular weight excluding hydrogens is 344 g/mol. The lowest BCUT2D eigenvalue weighted by Crippen LogP contribution is -2.36. The smallest absolute Gasteiger partial charge is 0.411 e. The number of carbonyl (C=O) groups is 1. The molecule has 0 bridgehead atoms. The number of benzene rings is 1. The van der Waals surface area contributed by atoms with Gasteiger partial charge in [-0.1, -0.05) is 32.9 Å². The molecule has 0 radical (unpaired) electrons. The molecule has 5 heteroatoms. The SMILES string of the molecule is CC(C)(C)CN(C(=O)O)c1cccc(-c2cncc(Br)c2)c1. The molecule has 0 aliphatic rings. The fraction of sp³-hybridized carbons (Fsp3) is 0.294. The molecule has 116 valence electrons. The third-order valence-electron chi connectivity index (χ3n) is 3.06. The Morgan fingerprint density at radius 1 is 1.23 bits per heavy atom. The second-order valence-electron chi connectivity index (χ2n) is 6.37. The standard InChI is InChI=1S/C17H19BrN2O2/c1-17(2,3)11-20(16(21)22)15-6-4-5-12(8-15)13-7-14(18)10-19-9-13/h4-10H,11H2,1-3H3,(H,21,22). The van der Waals surface area contributed by atoms with E-state index in [1.165, 1.54) is 4.90 Å². The summed E-state index contributed by atoms with van der Waals surface area (Å²) < 4.78 is 0.889. The van der Waals surface area contributed by atoms with Gasteiger partial charge in [-0.25, -0.2) is 4.79 Å². The third-order valence-corrected chi connectivity index (χ3v) is 3.49. The van der Waals surface area contributed by atoms with Gasteiger partial charge in [0.2, 0.25) is 0 Å². The van der Waals surface area contributed by atoms with Crippen molar-refractivity contribution < 1.29 is 9.90 Å². The number of hydrogen-bond donors (Lipinski definition) is 1. The lowest BCUT2D eigenvalue weighted by Gasteiger charge is -2.28. The molecule has 0 unspecified atom stereocenters. The highest BCUT2D eigenvalue weighted by Gasteiger charge is 2.22. The fourth-order valence-electron chi connectivity index (χ4n) is 2.17. The van der Waals surface area contributed by atoms with E-state index < -0.39 is 6.09 Å². The summed E-state index contributed by atoms with van der Waals surface area (Å²) in [7, 11) is 0. The molecule has 22 heavy (non-hydrogen) atoms. The number of aromatic nitrogens is 1. The number of halogens is 1. The van der Waals surface area contributed by atoms with E-state index in [2.05, 4.69) is 20.9 Å². The van der Waals surface area contributed by atoms with Gasteiger partial charge in [0.25, 0.3) is 0 Å². The molecule has 0 spiro atoms. The molecule has 2 aromatic rings. The van der Waals surface area contributed by atoms with Crippen molar-refractivity contribution >= 4 is 27.7 Å². The van der Waals surface area contributed by atoms with Crippen LogP contribution in [-0.4, -0.2) is 22.7 Å². The predicted molar refractivity (Wildman–Crippen MR) is 92.2 cm³/mol. The van der Waals surface area contributed by atoms with Crippen molar-refractivity contribution in [1.29, 1.82) is 0 Å². The number of nitrogens with zero attached hydrogens (tertiary/aromatic N) is 2. The maximum absolute atomic E-state index is 11.6. The number of carboxylic acid groups (broad SMARTS) is 1. The number of hydrogen-bond acceptors (Lipinski definition) is 2. The van der Waals surface area contributed by atoms with Crippen molar-refractivity contribution in [2.24, 2.45) is 5.41 Å². The first kappa shape index (κ1) is 16.5. The maximum Gasteiger partial charge on any atom is 0.411 e. The number of pyridine rings is 1. The van der Waals surface area contributed by atoms with Crippen LogP contribution in [-0.2, 0) is 0 Å². The van der Waals surface area contributed by atoms with Gasteiger partial charge in [0.1, 0.15) is 0 Å². The van der Waals surface area contributed by atoms with Crippen molar-refractivity contribution in [2.45, 2.75) is 20.8 Å². The first-order valence-electron chi connectivity index (χ1n) is 6.98. The van der Waals surface area contributed by atoms with Crippen LogP contribution in [0.3, 0.4) is 0 Å². The topological polar surface area (TPSA) is 53.4 Å². The lowest BCUT2D eigenvalue weighted by atomic mass is 9.95. The largest absolute Gasteiger partial charge is 0.465 e. The summed E-state index contributed by atoms with van der Waals surface area (Å²) in [5.74, 6) is 0. The van der Waals surface area contributed by atoms with Crippen molar-refractivity contribution in [3.8, 4) is 11.1 Å². The summed E-state index contributed by atoms with van der Waals surface area (Å²) in [4.78, 5) is 17.1. The Hall–Kier alpha value is -1.88. The van der Waals surface area contributed by atoms with Crippen LogP contribution in [0.15, 0.2) is 47.2 Å². The van der Waals surface area contributed by atoms with Gasteiger partial charge < -0.3 is 5.11 Å². The normalized spacial score (nSPS) is 11.3. The van der Waals surface area contributed by atoms with Crippen LogP contribution in [0, 0.1) is 5.41 Å². The highest BCUT2D eigenvalue weighted by Crippen LogP contribution is 2.28. The van der Waals surface area contributed by atoms with Crippen LogP contribution in [0.4, 0.5) is 10.5 Å². The minimum absolute atomic E-state index is 0.119. The van der Waals surface area contributed by atoms with E-state index in [1.807, 2.05) is 51.1 Å². The highest BCUT2D eigenvalue weighted by molar-refractivity contribution is 9.10. The molecule has 4 nitrogen and oxygen atoms in total. The molecule has 1 heterocycles. The summed E-state index contributed by atoms with van der Waals surface area (Å²) in [6, 6.07) is 9.47. The molecule has 0 saturated heterocycles. The third kappa shape index (κ3) is 4.31. The maximum atomic E-state index is 11.6. The van der Waals surface area contributed by atoms with Gasteiger partial charge in [-0.3, -0.25) is 9.88 Å². The lowest BCUT2D eigenvalue weighted by molar-refractivity contribution is 0.198. The first-order valence-corrected chi connectivity index (χ1v) is 7.77. The van der Waals surface area contributed by atoms with Gasteiger partial charge in [-0.05, 0) is 45.1 Å². The van der Waals surface area contributed by atoms with E-state index in [1.54, 1.807) is 12.4 Å². The van der Waals surface area contributed by atoms with Crippen molar-refractivity contribution in [2.75, 3.05) is 11.4 Å². The minimum atomic E-state index is -0.945. The molecular formula is C17H19BrN2O2. The Balaban J connectivity index is 2.39. The minimum Gasteiger partial charge on any atom is -0.465 e. The molecule has 2 rings (SSSR count). The van der Waals surface area contributed by atoms with Crippen molar-refractivity contribution in [3.63, 3.8) is 0 Å². The molecule has 1 N–H and O–H groups in total. The van der Waals surface area contributed by atoms with Gasteiger partial charge in [-0.2, -0.15) is 0 Å². The fourth-order valence-corrected chi connectivity index (χ4v) is 2.53. The average molecular weight is 363 g/mol. The summed E-state index contributed by atoms with van der Waals surface area (Å²) in [6.45, 7) is 6.49. The summed E-state index contributed by atoms with van der Waals surface area (Å²) in [6.07, 6.45) is 2.54. The molecule has 0 saturated carbocycles. The highest BCUT2D eigenvalue weighted by atomic mass is 79.9. The van der Waals surface area contributed by atoms with Crippen LogP contribution < -0.4 is 4.90 Å². The van der Waals surface area contributed by atoms with Gasteiger partial charge in [0, 0.05) is 34.7 Å². The zero-order chi connectivity index (χ0) is 16.3. The Morgan fingerprint density at radius 3 is 2.55 bits per heavy atom. The molecule has 0 fully saturated rings. The molecule has 1 aromatic heterocycles. The Labute approximate surface area is 138 Å². The molecule has 1 amide bonds. The van der Waals surface area contributed by atoms with Gasteiger partial charge in [0.15, 0.2) is 0 Å². The number of amides is 1. The summed E-state index contributed by atoms with van der Waals surface area (Å²) in [5, 5.41) is 9.50. The van der Waals surface area contributed by atoms with Crippen LogP contribution in [0.5, 0.6) is 0 Å². The quantitative estimate of drug-likeness (QED) is 0.831. The molecule has 0 aliphatic carbocycles. The monoisotopic (exact) mass is 362 g/mol. The summed E-state index contributed by atoms with van der Waals surface area (Å²) >= 11 is 3.40. The van der Waals surface area contributed by atoms with Gasteiger partial charge in [0.05, 0.1) is 0 Å². The van der Waals surface area contributed by atoms with Gasteiger partial charge >= 0.3 is 6.09 Å². The van der Waals surface area contributed by atoms with Gasteiger partial charge in [-0.15, -0.1) is 0 Å². The Kier molecular flexibility index (Phi) is 4.86. The van der Waals surface area contributed by atoms with Crippen molar-refractivity contribution in [3.05, 3.63) is 47.2 Å². The molecule has 0 atom stereocenters. The van der Waals surface area contributed by atoms with Crippen LogP contribution in [0.25, 0.3) is 11.1 Å². The molecule has 0 aliphatic heterocycles. The number of anilines is 1. The second kappa shape index (κ2) is 6.48. The van der Waals surface area contributed by atoms with E-state index in [4.69, 9.17) is 0 Å². The van der Waals surface area contributed by atoms with E-state index in [0.29, 0.717) is 12.2 Å². The Morgan fingerprint density at radius 2 is 1.95 bits per heavy atom. The van der Waals surface area contributed by atoms with Crippen molar-refractivity contribution in [1.82, 2.24) is 4.98 Å². The van der Waals surface area contributed by atoms with E-state index in [0.717, 1.165) is 15.6 Å². The van der Waals surface area contributed by atoms with Crippen LogP contribution in [0.2, 0.25) is 0 Å². The zero-order valence-corrected chi connectivity index (χ0v) is 14.5. The van der Waals surface area contributed by atoms with Crippen LogP contribution >= 0.6 is 15.9 Å². The Bertz CT molecular complexity index is 680. The van der Waals surface area contributed by atoms with Crippen LogP contribution in [0.1, 0.15) is 20.8 Å².